The fourth-order valence-corrected chi connectivity index (χ4v) is 5.96. The van der Waals surface area contributed by atoms with Gasteiger partial charge in [-0.05, 0) is 62.9 Å². The number of pyridine rings is 1. The van der Waals surface area contributed by atoms with Gasteiger partial charge in [-0.25, -0.2) is 9.97 Å². The van der Waals surface area contributed by atoms with Crippen LogP contribution in [0.15, 0.2) is 42.6 Å². The van der Waals surface area contributed by atoms with E-state index in [-0.39, 0.29) is 5.91 Å². The molecule has 38 heavy (non-hydrogen) atoms. The van der Waals surface area contributed by atoms with Crippen molar-refractivity contribution in [2.24, 2.45) is 5.92 Å². The van der Waals surface area contributed by atoms with Crippen molar-refractivity contribution in [3.05, 3.63) is 53.9 Å². The highest BCUT2D eigenvalue weighted by atomic mass is 16.2. The topological polar surface area (TPSA) is 79.2 Å². The van der Waals surface area contributed by atoms with Crippen LogP contribution < -0.4 is 5.32 Å². The molecule has 3 aromatic heterocycles. The van der Waals surface area contributed by atoms with Gasteiger partial charge in [0.15, 0.2) is 0 Å². The van der Waals surface area contributed by atoms with Crippen molar-refractivity contribution < 1.29 is 4.79 Å². The first kappa shape index (κ1) is 24.8. The summed E-state index contributed by atoms with van der Waals surface area (Å²) in [6.45, 7) is 7.05. The SMILES string of the molecule is CCN(C)CC(=O)N1CCc2nc(Nc3ncc4c5ccccc5n(C5CCC(C)CC5)c4n3)ccc2C1. The van der Waals surface area contributed by atoms with E-state index in [1.54, 1.807) is 0 Å². The molecular weight excluding hydrogens is 474 g/mol. The molecule has 1 aromatic carbocycles. The van der Waals surface area contributed by atoms with Crippen molar-refractivity contribution in [1.29, 1.82) is 0 Å². The zero-order valence-electron chi connectivity index (χ0n) is 22.7. The molecule has 8 heteroatoms. The number of fused-ring (bicyclic) bond motifs is 4. The van der Waals surface area contributed by atoms with E-state index in [1.807, 2.05) is 29.1 Å². The second-order valence-corrected chi connectivity index (χ2v) is 11.1. The molecule has 0 unspecified atom stereocenters. The number of para-hydroxylation sites is 1. The Morgan fingerprint density at radius 3 is 2.71 bits per heavy atom. The predicted octanol–water partition coefficient (Wildman–Crippen LogP) is 5.31. The monoisotopic (exact) mass is 511 g/mol. The summed E-state index contributed by atoms with van der Waals surface area (Å²) < 4.78 is 2.45. The fraction of sp³-hybridized carbons (Fsp3) is 0.467. The first-order valence-electron chi connectivity index (χ1n) is 14.0. The van der Waals surface area contributed by atoms with Gasteiger partial charge in [0.05, 0.1) is 12.1 Å². The molecule has 198 valence electrons. The number of aromatic nitrogens is 4. The van der Waals surface area contributed by atoms with E-state index in [4.69, 9.17) is 9.97 Å². The van der Waals surface area contributed by atoms with Crippen molar-refractivity contribution >= 4 is 39.6 Å². The summed E-state index contributed by atoms with van der Waals surface area (Å²) in [5.74, 6) is 2.27. The molecule has 1 aliphatic carbocycles. The smallest absolute Gasteiger partial charge is 0.237 e. The Morgan fingerprint density at radius 1 is 1.08 bits per heavy atom. The van der Waals surface area contributed by atoms with E-state index >= 15 is 0 Å². The molecule has 2 aliphatic rings. The van der Waals surface area contributed by atoms with Crippen molar-refractivity contribution in [2.45, 2.75) is 58.5 Å². The molecule has 1 aliphatic heterocycles. The third-order valence-corrected chi connectivity index (χ3v) is 8.39. The Kier molecular flexibility index (Phi) is 6.74. The highest BCUT2D eigenvalue weighted by Crippen LogP contribution is 2.38. The molecule has 1 fully saturated rings. The quantitative estimate of drug-likeness (QED) is 0.378. The first-order chi connectivity index (χ1) is 18.5. The summed E-state index contributed by atoms with van der Waals surface area (Å²) >= 11 is 0. The number of likely N-dealkylation sites (N-methyl/N-ethyl adjacent to an activating group) is 1. The molecule has 0 atom stereocenters. The van der Waals surface area contributed by atoms with Gasteiger partial charge in [0.25, 0.3) is 0 Å². The Labute approximate surface area is 224 Å². The third kappa shape index (κ3) is 4.73. The molecule has 0 radical (unpaired) electrons. The lowest BCUT2D eigenvalue weighted by atomic mass is 9.87. The minimum absolute atomic E-state index is 0.173. The molecular formula is C30H37N7O. The summed E-state index contributed by atoms with van der Waals surface area (Å²) in [6.07, 6.45) is 7.58. The Hall–Kier alpha value is -3.52. The average Bonchev–Trinajstić information content (AvgIpc) is 3.26. The number of rotatable bonds is 6. The van der Waals surface area contributed by atoms with Crippen molar-refractivity contribution in [3.8, 4) is 0 Å². The van der Waals surface area contributed by atoms with Gasteiger partial charge in [-0.3, -0.25) is 9.69 Å². The second kappa shape index (κ2) is 10.3. The minimum Gasteiger partial charge on any atom is -0.337 e. The van der Waals surface area contributed by atoms with Crippen LogP contribution in [0.4, 0.5) is 11.8 Å². The number of hydrogen-bond donors (Lipinski definition) is 1. The number of hydrogen-bond acceptors (Lipinski definition) is 6. The zero-order valence-corrected chi connectivity index (χ0v) is 22.7. The van der Waals surface area contributed by atoms with Crippen molar-refractivity contribution in [3.63, 3.8) is 0 Å². The normalized spacial score (nSPS) is 19.7. The van der Waals surface area contributed by atoms with Crippen molar-refractivity contribution in [1.82, 2.24) is 29.3 Å². The Morgan fingerprint density at radius 2 is 1.89 bits per heavy atom. The van der Waals surface area contributed by atoms with Gasteiger partial charge in [-0.2, -0.15) is 4.98 Å². The summed E-state index contributed by atoms with van der Waals surface area (Å²) in [7, 11) is 1.98. The van der Waals surface area contributed by atoms with Gasteiger partial charge < -0.3 is 14.8 Å². The van der Waals surface area contributed by atoms with Crippen LogP contribution in [0.5, 0.6) is 0 Å². The number of anilines is 2. The minimum atomic E-state index is 0.173. The number of carbonyl (C=O) groups is 1. The van der Waals surface area contributed by atoms with Crippen LogP contribution in [0.1, 0.15) is 56.8 Å². The fourth-order valence-electron chi connectivity index (χ4n) is 5.96. The summed E-state index contributed by atoms with van der Waals surface area (Å²) in [5.41, 5.74) is 4.38. The molecule has 4 aromatic rings. The third-order valence-electron chi connectivity index (χ3n) is 8.39. The van der Waals surface area contributed by atoms with Gasteiger partial charge >= 0.3 is 0 Å². The lowest BCUT2D eigenvalue weighted by Crippen LogP contribution is -2.41. The molecule has 0 spiro atoms. The van der Waals surface area contributed by atoms with E-state index in [9.17, 15) is 4.79 Å². The Balaban J connectivity index is 1.26. The lowest BCUT2D eigenvalue weighted by molar-refractivity contribution is -0.133. The van der Waals surface area contributed by atoms with Crippen molar-refractivity contribution in [2.75, 3.05) is 32.0 Å². The van der Waals surface area contributed by atoms with Crippen LogP contribution in [0.3, 0.4) is 0 Å². The van der Waals surface area contributed by atoms with E-state index in [0.717, 1.165) is 47.0 Å². The van der Waals surface area contributed by atoms with E-state index < -0.39 is 0 Å². The predicted molar refractivity (Wildman–Crippen MR) is 152 cm³/mol. The van der Waals surface area contributed by atoms with E-state index in [1.165, 1.54) is 36.6 Å². The Bertz CT molecular complexity index is 1470. The van der Waals surface area contributed by atoms with E-state index in [2.05, 4.69) is 59.0 Å². The van der Waals surface area contributed by atoms with Crippen LogP contribution in [0.2, 0.25) is 0 Å². The molecule has 1 amide bonds. The van der Waals surface area contributed by atoms with Gasteiger partial charge in [0.1, 0.15) is 11.5 Å². The lowest BCUT2D eigenvalue weighted by Gasteiger charge is -2.30. The standard InChI is InChI=1S/C30H37N7O/c1-4-35(3)19-28(38)36-16-15-25-21(18-36)11-14-27(32-25)33-30-31-17-24-23-7-5-6-8-26(23)37(29(24)34-30)22-12-9-20(2)10-13-22/h5-8,11,14,17,20,22H,4,9-10,12-13,15-16,18-19H2,1-3H3,(H,31,32,33,34). The maximum atomic E-state index is 12.6. The van der Waals surface area contributed by atoms with E-state index in [0.29, 0.717) is 31.6 Å². The van der Waals surface area contributed by atoms with Crippen LogP contribution in [-0.2, 0) is 17.8 Å². The molecule has 4 heterocycles. The molecule has 8 nitrogen and oxygen atoms in total. The zero-order chi connectivity index (χ0) is 26.2. The van der Waals surface area contributed by atoms with Crippen LogP contribution >= 0.6 is 0 Å². The van der Waals surface area contributed by atoms with Gasteiger partial charge in [0.2, 0.25) is 11.9 Å². The van der Waals surface area contributed by atoms with Crippen LogP contribution in [0.25, 0.3) is 21.9 Å². The average molecular weight is 512 g/mol. The van der Waals surface area contributed by atoms with Crippen LogP contribution in [0, 0.1) is 5.92 Å². The molecule has 6 rings (SSSR count). The highest BCUT2D eigenvalue weighted by molar-refractivity contribution is 6.06. The number of nitrogens with one attached hydrogen (secondary N) is 1. The molecule has 1 N–H and O–H groups in total. The number of nitrogens with zero attached hydrogens (tertiary/aromatic N) is 6. The number of benzene rings is 1. The number of carbonyl (C=O) groups excluding carboxylic acids is 1. The highest BCUT2D eigenvalue weighted by Gasteiger charge is 2.25. The maximum Gasteiger partial charge on any atom is 0.237 e. The second-order valence-electron chi connectivity index (χ2n) is 11.1. The van der Waals surface area contributed by atoms with Gasteiger partial charge in [0, 0.05) is 48.2 Å². The van der Waals surface area contributed by atoms with Crippen LogP contribution in [-0.4, -0.2) is 61.9 Å². The van der Waals surface area contributed by atoms with Gasteiger partial charge in [-0.15, -0.1) is 0 Å². The summed E-state index contributed by atoms with van der Waals surface area (Å²) in [6, 6.07) is 13.1. The molecule has 0 saturated heterocycles. The maximum absolute atomic E-state index is 12.6. The van der Waals surface area contributed by atoms with Gasteiger partial charge in [-0.1, -0.05) is 38.1 Å². The number of amides is 1. The first-order valence-corrected chi connectivity index (χ1v) is 14.0. The molecule has 1 saturated carbocycles. The summed E-state index contributed by atoms with van der Waals surface area (Å²) in [4.78, 5) is 31.2. The summed E-state index contributed by atoms with van der Waals surface area (Å²) in [5, 5.41) is 5.67. The molecule has 0 bridgehead atoms. The largest absolute Gasteiger partial charge is 0.337 e.